The molecule has 5 nitrogen and oxygen atoms in total. The van der Waals surface area contributed by atoms with E-state index < -0.39 is 5.97 Å². The van der Waals surface area contributed by atoms with Crippen LogP contribution in [-0.4, -0.2) is 36.1 Å². The molecule has 2 aliphatic carbocycles. The fraction of sp³-hybridized carbons (Fsp3) is 0.208. The molecular formula is C24H19NO4S. The molecular weight excluding hydrogens is 398 g/mol. The highest BCUT2D eigenvalue weighted by Crippen LogP contribution is 2.42. The van der Waals surface area contributed by atoms with Gasteiger partial charge in [0.25, 0.3) is 5.91 Å². The molecule has 0 spiro atoms. The first kappa shape index (κ1) is 18.9. The molecule has 1 N–H and O–H groups in total. The number of fused-ring (bicyclic) bond motifs is 2. The summed E-state index contributed by atoms with van der Waals surface area (Å²) in [5, 5.41) is 4.65. The monoisotopic (exact) mass is 417 g/mol. The number of carbonyl (C=O) groups is 3. The number of esters is 1. The minimum Gasteiger partial charge on any atom is -0.455 e. The van der Waals surface area contributed by atoms with Crippen molar-refractivity contribution in [3.05, 3.63) is 65.7 Å². The molecule has 0 aliphatic heterocycles. The van der Waals surface area contributed by atoms with Crippen molar-refractivity contribution in [1.29, 1.82) is 0 Å². The number of ketones is 1. The van der Waals surface area contributed by atoms with E-state index in [2.05, 4.69) is 5.32 Å². The van der Waals surface area contributed by atoms with Crippen LogP contribution in [0.15, 0.2) is 59.5 Å². The molecule has 3 aromatic rings. The summed E-state index contributed by atoms with van der Waals surface area (Å²) in [5.41, 5.74) is 3.36. The highest BCUT2D eigenvalue weighted by atomic mass is 32.2. The lowest BCUT2D eigenvalue weighted by Crippen LogP contribution is -2.30. The third kappa shape index (κ3) is 3.48. The van der Waals surface area contributed by atoms with Crippen molar-refractivity contribution in [2.45, 2.75) is 23.8 Å². The van der Waals surface area contributed by atoms with E-state index in [1.807, 2.05) is 54.6 Å². The molecule has 0 atom stereocenters. The Hall–Kier alpha value is -3.12. The largest absolute Gasteiger partial charge is 0.455 e. The Labute approximate surface area is 177 Å². The number of thioether (sulfide) groups is 1. The van der Waals surface area contributed by atoms with Gasteiger partial charge >= 0.3 is 5.97 Å². The van der Waals surface area contributed by atoms with Crippen LogP contribution in [0.5, 0.6) is 0 Å². The van der Waals surface area contributed by atoms with Crippen molar-refractivity contribution in [3.63, 3.8) is 0 Å². The van der Waals surface area contributed by atoms with Gasteiger partial charge in [-0.3, -0.25) is 14.4 Å². The Bertz CT molecular complexity index is 1200. The standard InChI is InChI=1S/C24H19NO4S/c26-21(25-14-8-9-14)12-29-22(27)13-30-20-11-10-16-15-4-1-2-5-17(15)24(28)19-7-3-6-18(20)23(16)19/h1-7,10-11,14H,8-9,12-13H2,(H,25,26). The van der Waals surface area contributed by atoms with Crippen molar-refractivity contribution in [3.8, 4) is 11.1 Å². The van der Waals surface area contributed by atoms with Gasteiger partial charge in [-0.2, -0.15) is 0 Å². The summed E-state index contributed by atoms with van der Waals surface area (Å²) in [5.74, 6) is -0.575. The SMILES string of the molecule is O=C(COC(=O)CSc1ccc2c3c(cccc13)C(=O)c1ccccc1-2)NC1CC1. The molecule has 0 heterocycles. The molecule has 1 saturated carbocycles. The molecule has 2 aliphatic rings. The van der Waals surface area contributed by atoms with Gasteiger partial charge in [0.15, 0.2) is 12.4 Å². The van der Waals surface area contributed by atoms with Gasteiger partial charge in [-0.25, -0.2) is 0 Å². The van der Waals surface area contributed by atoms with Gasteiger partial charge < -0.3 is 10.1 Å². The van der Waals surface area contributed by atoms with Crippen LogP contribution in [0.2, 0.25) is 0 Å². The van der Waals surface area contributed by atoms with E-state index in [1.54, 1.807) is 0 Å². The zero-order chi connectivity index (χ0) is 20.7. The highest BCUT2D eigenvalue weighted by Gasteiger charge is 2.26. The fourth-order valence-electron chi connectivity index (χ4n) is 3.80. The molecule has 0 saturated heterocycles. The van der Waals surface area contributed by atoms with Gasteiger partial charge in [0.1, 0.15) is 0 Å². The number of hydrogen-bond acceptors (Lipinski definition) is 5. The van der Waals surface area contributed by atoms with E-state index in [1.165, 1.54) is 11.8 Å². The molecule has 30 heavy (non-hydrogen) atoms. The van der Waals surface area contributed by atoms with Crippen LogP contribution in [-0.2, 0) is 14.3 Å². The Morgan fingerprint density at radius 3 is 2.50 bits per heavy atom. The molecule has 3 aromatic carbocycles. The lowest BCUT2D eigenvalue weighted by Gasteiger charge is -2.21. The average Bonchev–Trinajstić information content (AvgIpc) is 3.58. The van der Waals surface area contributed by atoms with Crippen LogP contribution < -0.4 is 5.32 Å². The van der Waals surface area contributed by atoms with Gasteiger partial charge in [0.05, 0.1) is 5.75 Å². The van der Waals surface area contributed by atoms with Crippen LogP contribution in [0.4, 0.5) is 0 Å². The number of carbonyl (C=O) groups excluding carboxylic acids is 3. The fourth-order valence-corrected chi connectivity index (χ4v) is 4.65. The zero-order valence-electron chi connectivity index (χ0n) is 16.1. The number of rotatable bonds is 6. The summed E-state index contributed by atoms with van der Waals surface area (Å²) in [7, 11) is 0. The Morgan fingerprint density at radius 2 is 1.70 bits per heavy atom. The van der Waals surface area contributed by atoms with E-state index in [4.69, 9.17) is 4.74 Å². The van der Waals surface area contributed by atoms with Gasteiger partial charge in [0.2, 0.25) is 0 Å². The predicted octanol–water partition coefficient (Wildman–Crippen LogP) is 3.97. The van der Waals surface area contributed by atoms with Crippen LogP contribution in [0.3, 0.4) is 0 Å². The summed E-state index contributed by atoms with van der Waals surface area (Å²) in [6.07, 6.45) is 1.99. The third-order valence-electron chi connectivity index (χ3n) is 5.36. The third-order valence-corrected chi connectivity index (χ3v) is 6.41. The maximum absolute atomic E-state index is 13.0. The minimum atomic E-state index is -0.437. The van der Waals surface area contributed by atoms with E-state index in [0.717, 1.165) is 39.6 Å². The number of benzene rings is 3. The summed E-state index contributed by atoms with van der Waals surface area (Å²) in [6, 6.07) is 17.6. The molecule has 1 fully saturated rings. The molecule has 150 valence electrons. The van der Waals surface area contributed by atoms with Gasteiger partial charge in [-0.05, 0) is 35.4 Å². The number of hydrogen-bond donors (Lipinski definition) is 1. The number of amides is 1. The van der Waals surface area contributed by atoms with Crippen molar-refractivity contribution in [2.75, 3.05) is 12.4 Å². The second kappa shape index (κ2) is 7.61. The highest BCUT2D eigenvalue weighted by molar-refractivity contribution is 8.00. The minimum absolute atomic E-state index is 0.0203. The predicted molar refractivity (Wildman–Crippen MR) is 116 cm³/mol. The van der Waals surface area contributed by atoms with Crippen molar-refractivity contribution < 1.29 is 19.1 Å². The zero-order valence-corrected chi connectivity index (χ0v) is 17.0. The van der Waals surface area contributed by atoms with Crippen molar-refractivity contribution >= 4 is 40.2 Å². The first-order valence-electron chi connectivity index (χ1n) is 9.89. The van der Waals surface area contributed by atoms with E-state index in [9.17, 15) is 14.4 Å². The van der Waals surface area contributed by atoms with Crippen LogP contribution in [0.1, 0.15) is 28.8 Å². The maximum Gasteiger partial charge on any atom is 0.316 e. The van der Waals surface area contributed by atoms with Gasteiger partial charge in [-0.15, -0.1) is 11.8 Å². The maximum atomic E-state index is 13.0. The normalized spacial score (nSPS) is 14.3. The lowest BCUT2D eigenvalue weighted by molar-refractivity contribution is -0.145. The molecule has 0 radical (unpaired) electrons. The van der Waals surface area contributed by atoms with Crippen LogP contribution in [0.25, 0.3) is 21.9 Å². The number of ether oxygens (including phenoxy) is 1. The Morgan fingerprint density at radius 1 is 0.933 bits per heavy atom. The smallest absolute Gasteiger partial charge is 0.316 e. The first-order chi connectivity index (χ1) is 14.6. The molecule has 1 amide bonds. The molecule has 0 aromatic heterocycles. The van der Waals surface area contributed by atoms with E-state index in [-0.39, 0.29) is 30.1 Å². The Balaban J connectivity index is 1.37. The summed E-state index contributed by atoms with van der Waals surface area (Å²) >= 11 is 1.35. The van der Waals surface area contributed by atoms with Gasteiger partial charge in [-0.1, -0.05) is 48.5 Å². The van der Waals surface area contributed by atoms with Crippen LogP contribution >= 0.6 is 11.8 Å². The van der Waals surface area contributed by atoms with E-state index >= 15 is 0 Å². The number of nitrogens with one attached hydrogen (secondary N) is 1. The topological polar surface area (TPSA) is 72.5 Å². The van der Waals surface area contributed by atoms with Crippen molar-refractivity contribution in [2.24, 2.45) is 0 Å². The first-order valence-corrected chi connectivity index (χ1v) is 10.9. The quantitative estimate of drug-likeness (QED) is 0.380. The second-order valence-corrected chi connectivity index (χ2v) is 8.52. The second-order valence-electron chi connectivity index (χ2n) is 7.51. The van der Waals surface area contributed by atoms with Gasteiger partial charge in [0, 0.05) is 27.5 Å². The summed E-state index contributed by atoms with van der Waals surface area (Å²) in [6.45, 7) is -0.245. The summed E-state index contributed by atoms with van der Waals surface area (Å²) in [4.78, 5) is 37.7. The molecule has 0 bridgehead atoms. The average molecular weight is 417 g/mol. The molecule has 5 rings (SSSR count). The lowest BCUT2D eigenvalue weighted by atomic mass is 9.83. The molecule has 0 unspecified atom stereocenters. The summed E-state index contributed by atoms with van der Waals surface area (Å²) < 4.78 is 5.08. The molecule has 6 heteroatoms. The van der Waals surface area contributed by atoms with Crippen LogP contribution in [0, 0.1) is 0 Å². The van der Waals surface area contributed by atoms with Crippen molar-refractivity contribution in [1.82, 2.24) is 5.32 Å². The Kier molecular flexibility index (Phi) is 4.79. The van der Waals surface area contributed by atoms with E-state index in [0.29, 0.717) is 11.1 Å².